The lowest BCUT2D eigenvalue weighted by molar-refractivity contribution is 0.292. The van der Waals surface area contributed by atoms with Gasteiger partial charge in [0.1, 0.15) is 0 Å². The van der Waals surface area contributed by atoms with E-state index in [-0.39, 0.29) is 0 Å². The van der Waals surface area contributed by atoms with Crippen LogP contribution in [-0.4, -0.2) is 38.5 Å². The Bertz CT molecular complexity index is 1030. The zero-order valence-electron chi connectivity index (χ0n) is 15.2. The average molecular weight is 367 g/mol. The molecule has 0 saturated carbocycles. The highest BCUT2D eigenvalue weighted by Gasteiger charge is 2.16. The Kier molecular flexibility index (Phi) is 4.70. The SMILES string of the molecule is CCN(CC)CCn1c(-c2ccc(Cl)cc2)cn2c3ccccc3nc12. The van der Waals surface area contributed by atoms with Crippen LogP contribution in [0.5, 0.6) is 0 Å². The number of imidazole rings is 2. The molecule has 0 N–H and O–H groups in total. The Morgan fingerprint density at radius 2 is 1.73 bits per heavy atom. The highest BCUT2D eigenvalue weighted by atomic mass is 35.5. The van der Waals surface area contributed by atoms with Gasteiger partial charge in [-0.05, 0) is 42.9 Å². The molecule has 4 aromatic rings. The van der Waals surface area contributed by atoms with Crippen LogP contribution < -0.4 is 0 Å². The predicted octanol–water partition coefficient (Wildman–Crippen LogP) is 4.95. The van der Waals surface area contributed by atoms with E-state index in [9.17, 15) is 0 Å². The molecule has 2 aromatic heterocycles. The fourth-order valence-electron chi connectivity index (χ4n) is 3.50. The maximum atomic E-state index is 6.08. The topological polar surface area (TPSA) is 25.5 Å². The molecular weight excluding hydrogens is 344 g/mol. The molecule has 4 rings (SSSR count). The fourth-order valence-corrected chi connectivity index (χ4v) is 3.63. The largest absolute Gasteiger partial charge is 0.308 e. The minimum Gasteiger partial charge on any atom is -0.308 e. The van der Waals surface area contributed by atoms with E-state index >= 15 is 0 Å². The molecule has 0 spiro atoms. The first-order valence-corrected chi connectivity index (χ1v) is 9.53. The lowest BCUT2D eigenvalue weighted by atomic mass is 10.1. The molecule has 0 fully saturated rings. The van der Waals surface area contributed by atoms with Gasteiger partial charge < -0.3 is 9.47 Å². The number of halogens is 1. The van der Waals surface area contributed by atoms with Gasteiger partial charge in [-0.2, -0.15) is 0 Å². The summed E-state index contributed by atoms with van der Waals surface area (Å²) in [5.74, 6) is 0.989. The molecule has 2 aromatic carbocycles. The van der Waals surface area contributed by atoms with Crippen molar-refractivity contribution in [2.45, 2.75) is 20.4 Å². The lowest BCUT2D eigenvalue weighted by Crippen LogP contribution is -2.27. The summed E-state index contributed by atoms with van der Waals surface area (Å²) < 4.78 is 4.52. The summed E-state index contributed by atoms with van der Waals surface area (Å²) >= 11 is 6.08. The van der Waals surface area contributed by atoms with Crippen LogP contribution in [-0.2, 0) is 6.54 Å². The van der Waals surface area contributed by atoms with Gasteiger partial charge >= 0.3 is 0 Å². The van der Waals surface area contributed by atoms with Gasteiger partial charge in [0.25, 0.3) is 0 Å². The zero-order chi connectivity index (χ0) is 18.1. The van der Waals surface area contributed by atoms with Gasteiger partial charge in [0.05, 0.1) is 16.7 Å². The molecule has 5 heteroatoms. The number of nitrogens with zero attached hydrogens (tertiary/aromatic N) is 4. The van der Waals surface area contributed by atoms with Crippen LogP contribution in [0.1, 0.15) is 13.8 Å². The molecule has 0 radical (unpaired) electrons. The van der Waals surface area contributed by atoms with Crippen LogP contribution in [0.3, 0.4) is 0 Å². The van der Waals surface area contributed by atoms with Crippen molar-refractivity contribution in [2.24, 2.45) is 0 Å². The van der Waals surface area contributed by atoms with Crippen molar-refractivity contribution >= 4 is 28.4 Å². The number of rotatable bonds is 6. The van der Waals surface area contributed by atoms with Crippen molar-refractivity contribution in [3.63, 3.8) is 0 Å². The Hall–Kier alpha value is -2.30. The molecular formula is C21H23ClN4. The second kappa shape index (κ2) is 7.14. The molecule has 0 aliphatic heterocycles. The molecule has 4 nitrogen and oxygen atoms in total. The Balaban J connectivity index is 1.85. The average Bonchev–Trinajstić information content (AvgIpc) is 3.20. The van der Waals surface area contributed by atoms with Crippen molar-refractivity contribution in [2.75, 3.05) is 19.6 Å². The first-order chi connectivity index (χ1) is 12.7. The monoisotopic (exact) mass is 366 g/mol. The summed E-state index contributed by atoms with van der Waals surface area (Å²) in [5, 5.41) is 0.755. The second-order valence-corrected chi connectivity index (χ2v) is 6.91. The van der Waals surface area contributed by atoms with Crippen LogP contribution in [0, 0.1) is 0 Å². The summed E-state index contributed by atoms with van der Waals surface area (Å²) in [4.78, 5) is 7.33. The molecule has 26 heavy (non-hydrogen) atoms. The molecule has 0 amide bonds. The molecule has 0 saturated heterocycles. The highest BCUT2D eigenvalue weighted by molar-refractivity contribution is 6.30. The standard InChI is InChI=1S/C21H23ClN4/c1-3-24(4-2)13-14-25-20(16-9-11-17(22)12-10-16)15-26-19-8-6-5-7-18(19)23-21(25)26/h5-12,15H,3-4,13-14H2,1-2H3. The van der Waals surface area contributed by atoms with Crippen molar-refractivity contribution < 1.29 is 0 Å². The van der Waals surface area contributed by atoms with Gasteiger partial charge in [-0.25, -0.2) is 4.98 Å². The maximum Gasteiger partial charge on any atom is 0.215 e. The minimum atomic E-state index is 0.755. The third-order valence-electron chi connectivity index (χ3n) is 5.04. The third kappa shape index (κ3) is 3.00. The van der Waals surface area contributed by atoms with Crippen LogP contribution >= 0.6 is 11.6 Å². The molecule has 0 aliphatic rings. The molecule has 0 aliphatic carbocycles. The van der Waals surface area contributed by atoms with Gasteiger partial charge in [0, 0.05) is 24.3 Å². The van der Waals surface area contributed by atoms with Gasteiger partial charge in [-0.15, -0.1) is 0 Å². The molecule has 134 valence electrons. The van der Waals surface area contributed by atoms with Gasteiger partial charge in [-0.1, -0.05) is 49.7 Å². The highest BCUT2D eigenvalue weighted by Crippen LogP contribution is 2.27. The van der Waals surface area contributed by atoms with Crippen LogP contribution in [0.4, 0.5) is 0 Å². The number of benzene rings is 2. The lowest BCUT2D eigenvalue weighted by Gasteiger charge is -2.19. The van der Waals surface area contributed by atoms with Crippen molar-refractivity contribution in [1.82, 2.24) is 18.9 Å². The van der Waals surface area contributed by atoms with Gasteiger partial charge in [0.15, 0.2) is 0 Å². The van der Waals surface area contributed by atoms with E-state index in [1.807, 2.05) is 18.2 Å². The normalized spacial score (nSPS) is 11.8. The molecule has 0 atom stereocenters. The predicted molar refractivity (Wildman–Crippen MR) is 109 cm³/mol. The number of fused-ring (bicyclic) bond motifs is 3. The van der Waals surface area contributed by atoms with Crippen LogP contribution in [0.15, 0.2) is 54.7 Å². The molecule has 0 unspecified atom stereocenters. The van der Waals surface area contributed by atoms with Crippen LogP contribution in [0.25, 0.3) is 28.1 Å². The fraction of sp³-hybridized carbons (Fsp3) is 0.286. The summed E-state index contributed by atoms with van der Waals surface area (Å²) in [7, 11) is 0. The van der Waals surface area contributed by atoms with E-state index in [1.54, 1.807) is 0 Å². The summed E-state index contributed by atoms with van der Waals surface area (Å²) in [6, 6.07) is 16.3. The minimum absolute atomic E-state index is 0.755. The van der Waals surface area contributed by atoms with Gasteiger partial charge in [-0.3, -0.25) is 4.40 Å². The Labute approximate surface area is 158 Å². The second-order valence-electron chi connectivity index (χ2n) is 6.47. The van der Waals surface area contributed by atoms with E-state index in [0.717, 1.165) is 53.6 Å². The first-order valence-electron chi connectivity index (χ1n) is 9.16. The van der Waals surface area contributed by atoms with E-state index in [4.69, 9.17) is 16.6 Å². The van der Waals surface area contributed by atoms with E-state index < -0.39 is 0 Å². The number of para-hydroxylation sites is 2. The maximum absolute atomic E-state index is 6.08. The van der Waals surface area contributed by atoms with E-state index in [1.165, 1.54) is 5.69 Å². The smallest absolute Gasteiger partial charge is 0.215 e. The van der Waals surface area contributed by atoms with E-state index in [2.05, 4.69) is 64.2 Å². The summed E-state index contributed by atoms with van der Waals surface area (Å²) in [5.41, 5.74) is 4.49. The number of likely N-dealkylation sites (N-methyl/N-ethyl adjacent to an activating group) is 1. The molecule has 0 bridgehead atoms. The summed E-state index contributed by atoms with van der Waals surface area (Å²) in [6.07, 6.45) is 2.19. The van der Waals surface area contributed by atoms with Crippen molar-refractivity contribution in [3.8, 4) is 11.3 Å². The van der Waals surface area contributed by atoms with E-state index in [0.29, 0.717) is 0 Å². The number of hydrogen-bond acceptors (Lipinski definition) is 2. The van der Waals surface area contributed by atoms with Gasteiger partial charge in [0.2, 0.25) is 5.78 Å². The zero-order valence-corrected chi connectivity index (χ0v) is 15.9. The van der Waals surface area contributed by atoms with Crippen LogP contribution in [0.2, 0.25) is 5.02 Å². The summed E-state index contributed by atoms with van der Waals surface area (Å²) in [6.45, 7) is 8.43. The van der Waals surface area contributed by atoms with Crippen molar-refractivity contribution in [1.29, 1.82) is 0 Å². The van der Waals surface area contributed by atoms with Crippen molar-refractivity contribution in [3.05, 3.63) is 59.8 Å². The third-order valence-corrected chi connectivity index (χ3v) is 5.29. The Morgan fingerprint density at radius 1 is 1.00 bits per heavy atom. The number of aromatic nitrogens is 3. The molecule has 2 heterocycles. The number of hydrogen-bond donors (Lipinski definition) is 0. The Morgan fingerprint density at radius 3 is 2.46 bits per heavy atom. The first kappa shape index (κ1) is 17.1. The quantitative estimate of drug-likeness (QED) is 0.482.